The Kier molecular flexibility index (Phi) is 3.19. The predicted octanol–water partition coefficient (Wildman–Crippen LogP) is 3.76. The van der Waals surface area contributed by atoms with E-state index in [1.54, 1.807) is 11.1 Å². The van der Waals surface area contributed by atoms with Crippen molar-refractivity contribution in [1.82, 2.24) is 5.32 Å². The van der Waals surface area contributed by atoms with Gasteiger partial charge in [-0.2, -0.15) is 0 Å². The maximum absolute atomic E-state index is 3.81. The molecule has 2 aliphatic carbocycles. The zero-order valence-corrected chi connectivity index (χ0v) is 10.8. The van der Waals surface area contributed by atoms with Crippen molar-refractivity contribution in [2.24, 2.45) is 5.92 Å². The Balaban J connectivity index is 1.64. The van der Waals surface area contributed by atoms with Gasteiger partial charge in [-0.15, -0.1) is 0 Å². The summed E-state index contributed by atoms with van der Waals surface area (Å²) in [6.45, 7) is 3.44. The van der Waals surface area contributed by atoms with Crippen molar-refractivity contribution in [3.8, 4) is 0 Å². The van der Waals surface area contributed by atoms with Crippen LogP contribution in [0, 0.1) is 12.8 Å². The fourth-order valence-corrected chi connectivity index (χ4v) is 3.46. The summed E-state index contributed by atoms with van der Waals surface area (Å²) in [4.78, 5) is 0. The van der Waals surface area contributed by atoms with Gasteiger partial charge in [-0.05, 0) is 56.2 Å². The Morgan fingerprint density at radius 2 is 2.00 bits per heavy atom. The van der Waals surface area contributed by atoms with Gasteiger partial charge >= 0.3 is 0 Å². The summed E-state index contributed by atoms with van der Waals surface area (Å²) in [5, 5.41) is 3.81. The minimum absolute atomic E-state index is 0.630. The first-order valence-electron chi connectivity index (χ1n) is 7.16. The van der Waals surface area contributed by atoms with Gasteiger partial charge in [-0.3, -0.25) is 0 Å². The molecule has 1 heteroatoms. The van der Waals surface area contributed by atoms with Gasteiger partial charge in [0, 0.05) is 6.04 Å². The van der Waals surface area contributed by atoms with Crippen LogP contribution in [0.5, 0.6) is 0 Å². The van der Waals surface area contributed by atoms with E-state index in [9.17, 15) is 0 Å². The normalized spacial score (nSPS) is 24.2. The molecule has 0 bridgehead atoms. The van der Waals surface area contributed by atoms with Crippen LogP contribution in [0.1, 0.15) is 54.8 Å². The van der Waals surface area contributed by atoms with Gasteiger partial charge in [0.05, 0.1) is 0 Å². The predicted molar refractivity (Wildman–Crippen MR) is 72.2 cm³/mol. The number of nitrogens with one attached hydrogen (secondary N) is 1. The Bertz CT molecular complexity index is 391. The SMILES string of the molecule is Cc1ccc2c(c1)C(NCC1CCCC1)CC2. The highest BCUT2D eigenvalue weighted by atomic mass is 14.9. The van der Waals surface area contributed by atoms with Crippen molar-refractivity contribution in [3.63, 3.8) is 0 Å². The number of rotatable bonds is 3. The third kappa shape index (κ3) is 2.40. The van der Waals surface area contributed by atoms with Crippen molar-refractivity contribution in [3.05, 3.63) is 34.9 Å². The lowest BCUT2D eigenvalue weighted by Gasteiger charge is -2.17. The molecule has 0 amide bonds. The van der Waals surface area contributed by atoms with Crippen LogP contribution in [0.3, 0.4) is 0 Å². The van der Waals surface area contributed by atoms with E-state index in [1.165, 1.54) is 50.6 Å². The number of hydrogen-bond donors (Lipinski definition) is 1. The molecule has 92 valence electrons. The number of hydrogen-bond acceptors (Lipinski definition) is 1. The van der Waals surface area contributed by atoms with Gasteiger partial charge in [0.2, 0.25) is 0 Å². The Hall–Kier alpha value is -0.820. The Labute approximate surface area is 105 Å². The summed E-state index contributed by atoms with van der Waals surface area (Å²) in [6.07, 6.45) is 8.35. The Morgan fingerprint density at radius 1 is 1.18 bits per heavy atom. The maximum Gasteiger partial charge on any atom is 0.0326 e. The van der Waals surface area contributed by atoms with E-state index in [4.69, 9.17) is 0 Å². The standard InChI is InChI=1S/C16H23N/c1-12-6-7-14-8-9-16(15(14)10-12)17-11-13-4-2-3-5-13/h6-7,10,13,16-17H,2-5,8-9,11H2,1H3. The highest BCUT2D eigenvalue weighted by Gasteiger charge is 2.23. The summed E-state index contributed by atoms with van der Waals surface area (Å²) >= 11 is 0. The van der Waals surface area contributed by atoms with E-state index in [0.29, 0.717) is 6.04 Å². The maximum atomic E-state index is 3.81. The third-order valence-electron chi connectivity index (χ3n) is 4.51. The average molecular weight is 229 g/mol. The molecular formula is C16H23N. The molecule has 0 radical (unpaired) electrons. The van der Waals surface area contributed by atoms with Crippen LogP contribution in [-0.2, 0) is 6.42 Å². The van der Waals surface area contributed by atoms with Crippen LogP contribution in [0.15, 0.2) is 18.2 Å². The number of benzene rings is 1. The smallest absolute Gasteiger partial charge is 0.0326 e. The fraction of sp³-hybridized carbons (Fsp3) is 0.625. The fourth-order valence-electron chi connectivity index (χ4n) is 3.46. The van der Waals surface area contributed by atoms with Gasteiger partial charge < -0.3 is 5.32 Å². The molecule has 1 fully saturated rings. The minimum atomic E-state index is 0.630. The van der Waals surface area contributed by atoms with Crippen LogP contribution < -0.4 is 5.32 Å². The summed E-state index contributed by atoms with van der Waals surface area (Å²) in [6, 6.07) is 7.58. The molecule has 2 aliphatic rings. The second-order valence-corrected chi connectivity index (χ2v) is 5.85. The molecule has 0 heterocycles. The number of fused-ring (bicyclic) bond motifs is 1. The van der Waals surface area contributed by atoms with Crippen LogP contribution in [0.25, 0.3) is 0 Å². The molecule has 0 saturated heterocycles. The second-order valence-electron chi connectivity index (χ2n) is 5.85. The molecule has 1 aromatic rings. The highest BCUT2D eigenvalue weighted by Crippen LogP contribution is 2.32. The van der Waals surface area contributed by atoms with E-state index >= 15 is 0 Å². The van der Waals surface area contributed by atoms with Crippen molar-refractivity contribution in [2.75, 3.05) is 6.54 Å². The molecule has 1 unspecified atom stereocenters. The van der Waals surface area contributed by atoms with Crippen molar-refractivity contribution in [1.29, 1.82) is 0 Å². The Morgan fingerprint density at radius 3 is 2.82 bits per heavy atom. The lowest BCUT2D eigenvalue weighted by molar-refractivity contribution is 0.436. The summed E-state index contributed by atoms with van der Waals surface area (Å²) < 4.78 is 0. The lowest BCUT2D eigenvalue weighted by atomic mass is 10.0. The zero-order chi connectivity index (χ0) is 11.7. The molecule has 1 aromatic carbocycles. The van der Waals surface area contributed by atoms with E-state index < -0.39 is 0 Å². The minimum Gasteiger partial charge on any atom is -0.310 e. The third-order valence-corrected chi connectivity index (χ3v) is 4.51. The molecule has 1 atom stereocenters. The van der Waals surface area contributed by atoms with Crippen LogP contribution in [0.4, 0.5) is 0 Å². The van der Waals surface area contributed by atoms with Gasteiger partial charge in [0.25, 0.3) is 0 Å². The highest BCUT2D eigenvalue weighted by molar-refractivity contribution is 5.37. The molecule has 3 rings (SSSR count). The first kappa shape index (κ1) is 11.3. The van der Waals surface area contributed by atoms with Gasteiger partial charge in [-0.25, -0.2) is 0 Å². The van der Waals surface area contributed by atoms with Crippen LogP contribution in [0.2, 0.25) is 0 Å². The van der Waals surface area contributed by atoms with E-state index in [-0.39, 0.29) is 0 Å². The molecule has 1 N–H and O–H groups in total. The molecule has 1 saturated carbocycles. The average Bonchev–Trinajstić information content (AvgIpc) is 2.94. The van der Waals surface area contributed by atoms with Gasteiger partial charge in [0.15, 0.2) is 0 Å². The van der Waals surface area contributed by atoms with E-state index in [2.05, 4.69) is 30.4 Å². The van der Waals surface area contributed by atoms with Crippen molar-refractivity contribution in [2.45, 2.75) is 51.5 Å². The molecule has 17 heavy (non-hydrogen) atoms. The molecule has 0 aliphatic heterocycles. The lowest BCUT2D eigenvalue weighted by Crippen LogP contribution is -2.25. The summed E-state index contributed by atoms with van der Waals surface area (Å²) in [5.74, 6) is 0.948. The van der Waals surface area contributed by atoms with Crippen molar-refractivity contribution >= 4 is 0 Å². The van der Waals surface area contributed by atoms with Crippen molar-refractivity contribution < 1.29 is 0 Å². The first-order chi connectivity index (χ1) is 8.33. The topological polar surface area (TPSA) is 12.0 Å². The molecular weight excluding hydrogens is 206 g/mol. The first-order valence-corrected chi connectivity index (χ1v) is 7.16. The monoisotopic (exact) mass is 229 g/mol. The van der Waals surface area contributed by atoms with Gasteiger partial charge in [-0.1, -0.05) is 36.6 Å². The summed E-state index contributed by atoms with van der Waals surface area (Å²) in [5.41, 5.74) is 4.54. The molecule has 0 aromatic heterocycles. The van der Waals surface area contributed by atoms with E-state index in [0.717, 1.165) is 5.92 Å². The second kappa shape index (κ2) is 4.81. The largest absolute Gasteiger partial charge is 0.310 e. The molecule has 0 spiro atoms. The molecule has 1 nitrogen and oxygen atoms in total. The summed E-state index contributed by atoms with van der Waals surface area (Å²) in [7, 11) is 0. The van der Waals surface area contributed by atoms with Crippen LogP contribution in [-0.4, -0.2) is 6.54 Å². The van der Waals surface area contributed by atoms with Crippen LogP contribution >= 0.6 is 0 Å². The number of aryl methyl sites for hydroxylation is 2. The zero-order valence-electron chi connectivity index (χ0n) is 10.8. The van der Waals surface area contributed by atoms with E-state index in [1.807, 2.05) is 0 Å². The quantitative estimate of drug-likeness (QED) is 0.832. The van der Waals surface area contributed by atoms with Gasteiger partial charge in [0.1, 0.15) is 0 Å².